The molecule has 0 unspecified atom stereocenters. The van der Waals surface area contributed by atoms with Crippen LogP contribution in [0.25, 0.3) is 43.1 Å². The Labute approximate surface area is 720 Å². The summed E-state index contributed by atoms with van der Waals surface area (Å²) in [6.45, 7) is 0. The quantitative estimate of drug-likeness (QED) is 0.0194. The molecule has 5 amide bonds. The molecule has 0 radical (unpaired) electrons. The molecule has 4 aromatic heterocycles. The van der Waals surface area contributed by atoms with Crippen molar-refractivity contribution in [3.8, 4) is 23.0 Å². The third-order valence-electron chi connectivity index (χ3n) is 18.6. The van der Waals surface area contributed by atoms with E-state index in [1.165, 1.54) is 76.7 Å². The Morgan fingerprint density at radius 3 is 0.945 bits per heavy atom. The van der Waals surface area contributed by atoms with E-state index in [-0.39, 0.29) is 114 Å². The van der Waals surface area contributed by atoms with Crippen molar-refractivity contribution < 1.29 is 73.0 Å². The number of ether oxygens (including phenoxy) is 3. The molecule has 16 rings (SSSR count). The highest BCUT2D eigenvalue weighted by molar-refractivity contribution is 6.15. The number of nitrogens with one attached hydrogen (secondary N) is 4. The number of carbonyl (C=O) groups excluding carboxylic acids is 8. The lowest BCUT2D eigenvalue weighted by molar-refractivity contribution is 0.0587. The number of rotatable bonds is 20. The molecule has 127 heavy (non-hydrogen) atoms. The zero-order chi connectivity index (χ0) is 89.3. The maximum atomic E-state index is 12.9. The first-order valence-electron chi connectivity index (χ1n) is 38.1. The van der Waals surface area contributed by atoms with Gasteiger partial charge in [0.2, 0.25) is 5.82 Å². The number of carbonyl (C=O) groups is 8. The topological polar surface area (TPSA) is 483 Å². The fraction of sp³-hybridized carbons (Fsp3) is 0.0319. The van der Waals surface area contributed by atoms with Crippen molar-refractivity contribution in [1.82, 2.24) is 24.9 Å². The summed E-state index contributed by atoms with van der Waals surface area (Å²) in [5.41, 5.74) is 8.61. The number of amides is 5. The van der Waals surface area contributed by atoms with E-state index in [2.05, 4.69) is 91.8 Å². The second kappa shape index (κ2) is 41.0. The zero-order valence-electron chi connectivity index (χ0n) is 67.1. The standard InChI is InChI=1S/2C24H18N4O4.C23H17N5O4.C23H17N5O3/c1-32-24(31)18-12-7-13-25-22(18)28-27-20-17-11-6-5-8-15(17)14-19(21(20)29)23(30)26-16-9-3-2-4-10-16;1-32-24(31)19-14-25-12-11-20(19)27-28-21-17-10-6-5-7-15(17)13-18(22(21)29)23(30)26-16-8-3-2-4-9-16;1-32-23(31)19-21(25-12-11-24-19)28-27-18-16-10-6-5-7-14(16)13-17(20(18)29)22(30)26-15-8-3-2-4-9-15;24-21(30)17-11-6-12-25-22(17)28-27-19-16-10-5-4-7-14(16)13-18(20(19)29)23(31)26-15-8-2-1-3-9-15/h2*2-14,29H,1H3,(H,26,30);2-13,29H,1H3,(H,26,30);1-13,29H,(H2,24,30)(H,26,31). The van der Waals surface area contributed by atoms with Crippen molar-refractivity contribution in [2.45, 2.75) is 0 Å². The summed E-state index contributed by atoms with van der Waals surface area (Å²) in [6, 6.07) is 78.1. The summed E-state index contributed by atoms with van der Waals surface area (Å²) >= 11 is 0. The van der Waals surface area contributed by atoms with Crippen LogP contribution in [-0.4, -0.2) is 114 Å². The van der Waals surface area contributed by atoms with Crippen molar-refractivity contribution in [3.63, 3.8) is 0 Å². The molecular formula is C94H70N18O15. The van der Waals surface area contributed by atoms with Gasteiger partial charge in [-0.2, -0.15) is 0 Å². The van der Waals surface area contributed by atoms with Crippen LogP contribution in [-0.2, 0) is 14.2 Å². The Morgan fingerprint density at radius 2 is 0.591 bits per heavy atom. The molecule has 0 fully saturated rings. The Bertz CT molecular complexity index is 6500. The molecule has 0 bridgehead atoms. The number of esters is 3. The van der Waals surface area contributed by atoms with Crippen LogP contribution in [0.1, 0.15) is 83.0 Å². The van der Waals surface area contributed by atoms with E-state index in [4.69, 9.17) is 15.2 Å². The van der Waals surface area contributed by atoms with Gasteiger partial charge in [-0.1, -0.05) is 170 Å². The molecule has 0 saturated heterocycles. The molecule has 0 aliphatic heterocycles. The Balaban J connectivity index is 0.000000145. The van der Waals surface area contributed by atoms with Crippen molar-refractivity contribution in [3.05, 3.63) is 355 Å². The van der Waals surface area contributed by atoms with Gasteiger partial charge in [0.05, 0.1) is 49.1 Å². The predicted octanol–water partition coefficient (Wildman–Crippen LogP) is 20.3. The lowest BCUT2D eigenvalue weighted by Gasteiger charge is -2.11. The number of anilines is 4. The van der Waals surface area contributed by atoms with Crippen LogP contribution in [0.2, 0.25) is 0 Å². The van der Waals surface area contributed by atoms with Crippen LogP contribution in [0.5, 0.6) is 23.0 Å². The molecule has 0 saturated carbocycles. The van der Waals surface area contributed by atoms with E-state index in [1.54, 1.807) is 212 Å². The number of azo groups is 4. The summed E-state index contributed by atoms with van der Waals surface area (Å²) in [7, 11) is 3.72. The largest absolute Gasteiger partial charge is 0.505 e. The summed E-state index contributed by atoms with van der Waals surface area (Å²) in [6.07, 6.45) is 8.37. The number of hydrogen-bond acceptors (Lipinski definition) is 28. The molecule has 0 spiro atoms. The highest BCUT2D eigenvalue weighted by Crippen LogP contribution is 2.45. The van der Waals surface area contributed by atoms with Crippen LogP contribution in [0.4, 0.5) is 68.6 Å². The Morgan fingerprint density at radius 1 is 0.291 bits per heavy atom. The van der Waals surface area contributed by atoms with E-state index in [1.807, 2.05) is 42.5 Å². The lowest BCUT2D eigenvalue weighted by atomic mass is 10.0. The number of para-hydroxylation sites is 4. The van der Waals surface area contributed by atoms with Gasteiger partial charge in [-0.15, -0.1) is 40.9 Å². The van der Waals surface area contributed by atoms with Crippen molar-refractivity contribution in [1.29, 1.82) is 0 Å². The number of phenolic OH excluding ortho intramolecular Hbond substituents is 4. The third-order valence-corrected chi connectivity index (χ3v) is 18.6. The molecule has 12 aromatic carbocycles. The predicted molar refractivity (Wildman–Crippen MR) is 474 cm³/mol. The van der Waals surface area contributed by atoms with E-state index in [9.17, 15) is 58.8 Å². The molecule has 16 aromatic rings. The minimum atomic E-state index is -0.725. The van der Waals surface area contributed by atoms with Gasteiger partial charge in [-0.25, -0.2) is 34.3 Å². The van der Waals surface area contributed by atoms with Gasteiger partial charge >= 0.3 is 17.9 Å². The number of phenols is 4. The number of aromatic nitrogens is 5. The molecule has 10 N–H and O–H groups in total. The first-order chi connectivity index (χ1) is 61.8. The van der Waals surface area contributed by atoms with E-state index in [0.29, 0.717) is 65.8 Å². The van der Waals surface area contributed by atoms with Crippen molar-refractivity contribution in [2.75, 3.05) is 42.6 Å². The summed E-state index contributed by atoms with van der Waals surface area (Å²) in [5, 5.41) is 92.4. The molecule has 33 heteroatoms. The molecule has 0 atom stereocenters. The van der Waals surface area contributed by atoms with Gasteiger partial charge in [0.15, 0.2) is 40.3 Å². The number of nitrogens with two attached hydrogens (primary N) is 1. The maximum Gasteiger partial charge on any atom is 0.360 e. The maximum absolute atomic E-state index is 12.9. The number of fused-ring (bicyclic) bond motifs is 4. The average Bonchev–Trinajstić information content (AvgIpc) is 0.792. The van der Waals surface area contributed by atoms with Gasteiger partial charge in [0, 0.05) is 81.5 Å². The van der Waals surface area contributed by atoms with Gasteiger partial charge in [0.25, 0.3) is 29.5 Å². The summed E-state index contributed by atoms with van der Waals surface area (Å²) in [4.78, 5) is 119. The van der Waals surface area contributed by atoms with Crippen LogP contribution in [0.15, 0.2) is 351 Å². The second-order valence-corrected chi connectivity index (χ2v) is 26.7. The van der Waals surface area contributed by atoms with Gasteiger partial charge in [-0.3, -0.25) is 29.0 Å². The smallest absolute Gasteiger partial charge is 0.360 e. The first-order valence-corrected chi connectivity index (χ1v) is 38.1. The molecule has 0 aliphatic rings. The van der Waals surface area contributed by atoms with Crippen molar-refractivity contribution >= 4 is 159 Å². The average molecular weight is 1690 g/mol. The highest BCUT2D eigenvalue weighted by atomic mass is 16.5. The van der Waals surface area contributed by atoms with Crippen LogP contribution >= 0.6 is 0 Å². The van der Waals surface area contributed by atoms with Gasteiger partial charge < -0.3 is 61.6 Å². The molecular weight excluding hydrogens is 1620 g/mol. The van der Waals surface area contributed by atoms with Gasteiger partial charge in [0.1, 0.15) is 39.6 Å². The summed E-state index contributed by atoms with van der Waals surface area (Å²) in [5.74, 6) is -6.05. The fourth-order valence-electron chi connectivity index (χ4n) is 12.4. The van der Waals surface area contributed by atoms with E-state index < -0.39 is 47.4 Å². The number of nitrogens with zero attached hydrogens (tertiary/aromatic N) is 13. The number of pyridine rings is 3. The van der Waals surface area contributed by atoms with E-state index in [0.717, 1.165) is 0 Å². The molecule has 33 nitrogen and oxygen atoms in total. The normalized spacial score (nSPS) is 10.9. The fourth-order valence-corrected chi connectivity index (χ4v) is 12.4. The second-order valence-electron chi connectivity index (χ2n) is 26.7. The Hall–Kier alpha value is -18.4. The SMILES string of the molecule is COC(=O)c1cccnc1N=Nc1c(O)c(C(=O)Nc2ccccc2)cc2ccccc12.COC(=O)c1cnccc1N=Nc1c(O)c(C(=O)Nc2ccccc2)cc2ccccc12.COC(=O)c1nccnc1N=Nc1c(O)c(C(=O)Nc2ccccc2)cc2ccccc12.NC(=O)c1cccnc1N=Nc1c(O)c(C(=O)Nc2ccccc2)cc2ccccc12. The number of methoxy groups -OCH3 is 3. The lowest BCUT2D eigenvalue weighted by Crippen LogP contribution is -2.12. The van der Waals surface area contributed by atoms with Gasteiger partial charge in [-0.05, 0) is 125 Å². The van der Waals surface area contributed by atoms with Crippen molar-refractivity contribution in [2.24, 2.45) is 46.6 Å². The van der Waals surface area contributed by atoms with Crippen LogP contribution in [0.3, 0.4) is 0 Å². The number of aromatic hydroxyl groups is 4. The minimum Gasteiger partial charge on any atom is -0.505 e. The Kier molecular flexibility index (Phi) is 27.9. The third kappa shape index (κ3) is 20.9. The molecule has 4 heterocycles. The van der Waals surface area contributed by atoms with Crippen LogP contribution < -0.4 is 27.0 Å². The first kappa shape index (κ1) is 86.4. The molecule has 626 valence electrons. The number of hydrogen-bond donors (Lipinski definition) is 9. The molecule has 0 aliphatic carbocycles. The highest BCUT2D eigenvalue weighted by Gasteiger charge is 2.26. The van der Waals surface area contributed by atoms with Crippen LogP contribution in [0, 0.1) is 0 Å². The number of benzene rings is 12. The zero-order valence-corrected chi connectivity index (χ0v) is 67.1. The monoisotopic (exact) mass is 1690 g/mol. The minimum absolute atomic E-state index is 0.0117. The van der Waals surface area contributed by atoms with E-state index >= 15 is 0 Å². The summed E-state index contributed by atoms with van der Waals surface area (Å²) < 4.78 is 14.2. The number of primary amides is 1.